The highest BCUT2D eigenvalue weighted by Gasteiger charge is 2.35. The average molecular weight is 286 g/mol. The van der Waals surface area contributed by atoms with Gasteiger partial charge in [0.05, 0.1) is 13.2 Å². The van der Waals surface area contributed by atoms with Crippen molar-refractivity contribution in [3.8, 4) is 0 Å². The molecule has 20 heavy (non-hydrogen) atoms. The largest absolute Gasteiger partial charge is 0.383 e. The Morgan fingerprint density at radius 1 is 1.40 bits per heavy atom. The van der Waals surface area contributed by atoms with Crippen molar-refractivity contribution >= 4 is 0 Å². The van der Waals surface area contributed by atoms with Crippen molar-refractivity contribution in [3.63, 3.8) is 0 Å². The number of rotatable bonds is 10. The van der Waals surface area contributed by atoms with Crippen LogP contribution >= 0.6 is 0 Å². The molecule has 0 aromatic rings. The van der Waals surface area contributed by atoms with Gasteiger partial charge in [-0.3, -0.25) is 4.90 Å². The van der Waals surface area contributed by atoms with Gasteiger partial charge in [0.2, 0.25) is 0 Å². The van der Waals surface area contributed by atoms with Crippen LogP contribution in [-0.2, 0) is 9.47 Å². The molecule has 0 saturated carbocycles. The lowest BCUT2D eigenvalue weighted by atomic mass is 9.81. The van der Waals surface area contributed by atoms with Crippen LogP contribution in [0.4, 0.5) is 0 Å². The molecule has 4 heteroatoms. The van der Waals surface area contributed by atoms with Crippen molar-refractivity contribution < 1.29 is 9.47 Å². The van der Waals surface area contributed by atoms with Crippen molar-refractivity contribution in [2.24, 2.45) is 5.41 Å². The van der Waals surface area contributed by atoms with Crippen molar-refractivity contribution in [2.45, 2.75) is 46.1 Å². The number of hydrogen-bond acceptors (Lipinski definition) is 4. The van der Waals surface area contributed by atoms with Gasteiger partial charge in [0.1, 0.15) is 0 Å². The lowest BCUT2D eigenvalue weighted by Gasteiger charge is -2.42. The quantitative estimate of drug-likeness (QED) is 0.624. The maximum absolute atomic E-state index is 5.80. The smallest absolute Gasteiger partial charge is 0.0615 e. The van der Waals surface area contributed by atoms with Gasteiger partial charge < -0.3 is 14.8 Å². The van der Waals surface area contributed by atoms with Gasteiger partial charge in [0, 0.05) is 38.3 Å². The fraction of sp³-hybridized carbons (Fsp3) is 1.00. The first-order chi connectivity index (χ1) is 9.67. The second-order valence-electron chi connectivity index (χ2n) is 6.20. The predicted octanol–water partition coefficient (Wildman–Crippen LogP) is 2.14. The first-order valence-electron chi connectivity index (χ1n) is 8.19. The first-order valence-corrected chi connectivity index (χ1v) is 8.19. The monoisotopic (exact) mass is 286 g/mol. The van der Waals surface area contributed by atoms with E-state index in [1.54, 1.807) is 7.11 Å². The van der Waals surface area contributed by atoms with Crippen molar-refractivity contribution in [1.29, 1.82) is 0 Å². The SMILES string of the molecule is CCCNCC1(CN(CC)C(C)COC)CCCOC1. The zero-order valence-electron chi connectivity index (χ0n) is 13.9. The van der Waals surface area contributed by atoms with Gasteiger partial charge >= 0.3 is 0 Å². The van der Waals surface area contributed by atoms with E-state index >= 15 is 0 Å². The zero-order valence-corrected chi connectivity index (χ0v) is 13.9. The minimum Gasteiger partial charge on any atom is -0.383 e. The van der Waals surface area contributed by atoms with Gasteiger partial charge in [-0.05, 0) is 39.3 Å². The standard InChI is InChI=1S/C16H34N2O2/c1-5-9-17-12-16(8-7-10-20-14-16)13-18(6-2)15(3)11-19-4/h15,17H,5-14H2,1-4H3. The lowest BCUT2D eigenvalue weighted by Crippen LogP contribution is -2.51. The van der Waals surface area contributed by atoms with Crippen LogP contribution in [0.3, 0.4) is 0 Å². The molecule has 1 aliphatic rings. The number of nitrogens with zero attached hydrogens (tertiary/aromatic N) is 1. The Labute approximate surface area is 125 Å². The van der Waals surface area contributed by atoms with Gasteiger partial charge in [-0.2, -0.15) is 0 Å². The highest BCUT2D eigenvalue weighted by atomic mass is 16.5. The number of methoxy groups -OCH3 is 1. The van der Waals surface area contributed by atoms with Crippen LogP contribution in [0, 0.1) is 5.41 Å². The summed E-state index contributed by atoms with van der Waals surface area (Å²) in [5.74, 6) is 0. The first kappa shape index (κ1) is 17.9. The predicted molar refractivity (Wildman–Crippen MR) is 84.2 cm³/mol. The third kappa shape index (κ3) is 5.68. The Hall–Kier alpha value is -0.160. The molecule has 120 valence electrons. The molecule has 1 aliphatic heterocycles. The van der Waals surface area contributed by atoms with Gasteiger partial charge in [-0.15, -0.1) is 0 Å². The molecule has 0 aromatic heterocycles. The van der Waals surface area contributed by atoms with E-state index in [-0.39, 0.29) is 5.41 Å². The normalized spacial score (nSPS) is 25.1. The molecule has 4 nitrogen and oxygen atoms in total. The molecule has 0 amide bonds. The molecule has 2 atom stereocenters. The average Bonchev–Trinajstić information content (AvgIpc) is 2.46. The zero-order chi connectivity index (χ0) is 14.8. The Kier molecular flexibility index (Phi) is 8.69. The number of nitrogens with one attached hydrogen (secondary N) is 1. The summed E-state index contributed by atoms with van der Waals surface area (Å²) in [5, 5.41) is 3.61. The molecular weight excluding hydrogens is 252 g/mol. The van der Waals surface area contributed by atoms with Crippen LogP contribution in [0.2, 0.25) is 0 Å². The fourth-order valence-corrected chi connectivity index (χ4v) is 3.12. The van der Waals surface area contributed by atoms with E-state index in [2.05, 4.69) is 31.0 Å². The van der Waals surface area contributed by atoms with E-state index < -0.39 is 0 Å². The Morgan fingerprint density at radius 2 is 2.20 bits per heavy atom. The fourth-order valence-electron chi connectivity index (χ4n) is 3.12. The Balaban J connectivity index is 2.61. The molecule has 1 rings (SSSR count). The van der Waals surface area contributed by atoms with E-state index in [1.807, 2.05) is 0 Å². The summed E-state index contributed by atoms with van der Waals surface area (Å²) in [7, 11) is 1.78. The molecule has 0 aromatic carbocycles. The van der Waals surface area contributed by atoms with Crippen LogP contribution in [0.1, 0.15) is 40.0 Å². The molecule has 0 spiro atoms. The molecule has 0 aliphatic carbocycles. The number of likely N-dealkylation sites (N-methyl/N-ethyl adjacent to an activating group) is 1. The maximum atomic E-state index is 5.80. The summed E-state index contributed by atoms with van der Waals surface area (Å²) in [6.45, 7) is 13.7. The van der Waals surface area contributed by atoms with Crippen LogP contribution in [-0.4, -0.2) is 64.1 Å². The van der Waals surface area contributed by atoms with E-state index in [0.29, 0.717) is 6.04 Å². The van der Waals surface area contributed by atoms with Crippen molar-refractivity contribution in [2.75, 3.05) is 53.1 Å². The van der Waals surface area contributed by atoms with E-state index in [4.69, 9.17) is 9.47 Å². The van der Waals surface area contributed by atoms with Crippen LogP contribution in [0.15, 0.2) is 0 Å². The number of ether oxygens (including phenoxy) is 2. The topological polar surface area (TPSA) is 33.7 Å². The molecule has 0 bridgehead atoms. The minimum atomic E-state index is 0.269. The molecule has 1 N–H and O–H groups in total. The van der Waals surface area contributed by atoms with Gasteiger partial charge in [0.15, 0.2) is 0 Å². The second-order valence-corrected chi connectivity index (χ2v) is 6.20. The third-order valence-electron chi connectivity index (χ3n) is 4.31. The maximum Gasteiger partial charge on any atom is 0.0615 e. The molecule has 1 fully saturated rings. The summed E-state index contributed by atoms with van der Waals surface area (Å²) in [6.07, 6.45) is 3.64. The second kappa shape index (κ2) is 9.72. The Morgan fingerprint density at radius 3 is 2.75 bits per heavy atom. The molecule has 1 heterocycles. The minimum absolute atomic E-state index is 0.269. The molecule has 1 saturated heterocycles. The summed E-state index contributed by atoms with van der Waals surface area (Å²) < 4.78 is 11.1. The van der Waals surface area contributed by atoms with Crippen LogP contribution in [0.5, 0.6) is 0 Å². The van der Waals surface area contributed by atoms with Crippen molar-refractivity contribution in [3.05, 3.63) is 0 Å². The van der Waals surface area contributed by atoms with Crippen molar-refractivity contribution in [1.82, 2.24) is 10.2 Å². The third-order valence-corrected chi connectivity index (χ3v) is 4.31. The summed E-state index contributed by atoms with van der Waals surface area (Å²) >= 11 is 0. The Bertz CT molecular complexity index is 243. The summed E-state index contributed by atoms with van der Waals surface area (Å²) in [6, 6.07) is 0.468. The van der Waals surface area contributed by atoms with Gasteiger partial charge in [0.25, 0.3) is 0 Å². The highest BCUT2D eigenvalue weighted by molar-refractivity contribution is 4.88. The summed E-state index contributed by atoms with van der Waals surface area (Å²) in [4.78, 5) is 2.53. The number of hydrogen-bond donors (Lipinski definition) is 1. The van der Waals surface area contributed by atoms with Crippen LogP contribution in [0.25, 0.3) is 0 Å². The van der Waals surface area contributed by atoms with E-state index in [9.17, 15) is 0 Å². The summed E-state index contributed by atoms with van der Waals surface area (Å²) in [5.41, 5.74) is 0.269. The molecular formula is C16H34N2O2. The van der Waals surface area contributed by atoms with E-state index in [1.165, 1.54) is 19.3 Å². The lowest BCUT2D eigenvalue weighted by molar-refractivity contribution is -0.0360. The van der Waals surface area contributed by atoms with Gasteiger partial charge in [-0.25, -0.2) is 0 Å². The van der Waals surface area contributed by atoms with E-state index in [0.717, 1.165) is 46.0 Å². The van der Waals surface area contributed by atoms with Crippen LogP contribution < -0.4 is 5.32 Å². The highest BCUT2D eigenvalue weighted by Crippen LogP contribution is 2.29. The molecule has 0 radical (unpaired) electrons. The van der Waals surface area contributed by atoms with Gasteiger partial charge in [-0.1, -0.05) is 13.8 Å². The molecule has 2 unspecified atom stereocenters.